The number of hydrogen-bond donors (Lipinski definition) is 1. The highest BCUT2D eigenvalue weighted by atomic mass is 35.5. The highest BCUT2D eigenvalue weighted by Crippen LogP contribution is 2.32. The van der Waals surface area contributed by atoms with Crippen LogP contribution in [-0.2, 0) is 0 Å². The lowest BCUT2D eigenvalue weighted by molar-refractivity contribution is 0.779. The van der Waals surface area contributed by atoms with Crippen LogP contribution in [0.2, 0.25) is 5.02 Å². The zero-order valence-corrected chi connectivity index (χ0v) is 10.6. The van der Waals surface area contributed by atoms with Crippen LogP contribution in [0.25, 0.3) is 10.6 Å². The van der Waals surface area contributed by atoms with Crippen molar-refractivity contribution in [3.05, 3.63) is 28.4 Å². The molecule has 0 fully saturated rings. The number of nitrogens with two attached hydrogens (primary N) is 1. The average molecular weight is 254 g/mol. The SMILES string of the molecule is CC(C)c1nc(N)cc(-c2sccc2Cl)n1. The van der Waals surface area contributed by atoms with E-state index in [0.717, 1.165) is 16.4 Å². The van der Waals surface area contributed by atoms with Gasteiger partial charge in [-0.15, -0.1) is 11.3 Å². The molecule has 84 valence electrons. The molecule has 0 amide bonds. The van der Waals surface area contributed by atoms with E-state index in [0.29, 0.717) is 10.8 Å². The van der Waals surface area contributed by atoms with E-state index >= 15 is 0 Å². The van der Waals surface area contributed by atoms with Crippen molar-refractivity contribution in [2.24, 2.45) is 0 Å². The topological polar surface area (TPSA) is 51.8 Å². The standard InChI is InChI=1S/C11H12ClN3S/c1-6(2)11-14-8(5-9(13)15-11)10-7(12)3-4-16-10/h3-6H,1-2H3,(H2,13,14,15). The maximum absolute atomic E-state index is 6.07. The third-order valence-electron chi connectivity index (χ3n) is 2.13. The summed E-state index contributed by atoms with van der Waals surface area (Å²) in [6, 6.07) is 3.61. The van der Waals surface area contributed by atoms with Gasteiger partial charge in [0.15, 0.2) is 0 Å². The molecule has 0 saturated carbocycles. The van der Waals surface area contributed by atoms with Crippen molar-refractivity contribution in [1.29, 1.82) is 0 Å². The molecule has 2 rings (SSSR count). The van der Waals surface area contributed by atoms with Gasteiger partial charge < -0.3 is 5.73 Å². The average Bonchev–Trinajstić information content (AvgIpc) is 2.63. The normalized spacial score (nSPS) is 11.0. The van der Waals surface area contributed by atoms with Gasteiger partial charge in [-0.05, 0) is 11.4 Å². The Morgan fingerprint density at radius 3 is 2.69 bits per heavy atom. The highest BCUT2D eigenvalue weighted by Gasteiger charge is 2.11. The van der Waals surface area contributed by atoms with Gasteiger partial charge in [-0.25, -0.2) is 9.97 Å². The Morgan fingerprint density at radius 2 is 2.12 bits per heavy atom. The number of rotatable bonds is 2. The van der Waals surface area contributed by atoms with Crippen LogP contribution in [0.1, 0.15) is 25.6 Å². The van der Waals surface area contributed by atoms with Crippen LogP contribution in [0.3, 0.4) is 0 Å². The summed E-state index contributed by atoms with van der Waals surface area (Å²) in [6.07, 6.45) is 0. The summed E-state index contributed by atoms with van der Waals surface area (Å²) in [7, 11) is 0. The van der Waals surface area contributed by atoms with Gasteiger partial charge in [0.1, 0.15) is 11.6 Å². The zero-order valence-electron chi connectivity index (χ0n) is 9.07. The molecule has 0 saturated heterocycles. The van der Waals surface area contributed by atoms with Crippen LogP contribution in [0.4, 0.5) is 5.82 Å². The molecule has 0 aliphatic heterocycles. The van der Waals surface area contributed by atoms with Gasteiger partial charge in [0, 0.05) is 12.0 Å². The number of thiophene rings is 1. The van der Waals surface area contributed by atoms with Gasteiger partial charge in [0.25, 0.3) is 0 Å². The summed E-state index contributed by atoms with van der Waals surface area (Å²) in [4.78, 5) is 9.61. The minimum Gasteiger partial charge on any atom is -0.384 e. The van der Waals surface area contributed by atoms with E-state index in [-0.39, 0.29) is 5.92 Å². The maximum atomic E-state index is 6.07. The highest BCUT2D eigenvalue weighted by molar-refractivity contribution is 7.14. The number of anilines is 1. The second kappa shape index (κ2) is 4.39. The van der Waals surface area contributed by atoms with Crippen molar-refractivity contribution >= 4 is 28.8 Å². The summed E-state index contributed by atoms with van der Waals surface area (Å²) < 4.78 is 0. The van der Waals surface area contributed by atoms with Gasteiger partial charge in [-0.2, -0.15) is 0 Å². The molecule has 0 unspecified atom stereocenters. The Labute approximate surface area is 103 Å². The van der Waals surface area contributed by atoms with Gasteiger partial charge >= 0.3 is 0 Å². The van der Waals surface area contributed by atoms with E-state index in [2.05, 4.69) is 9.97 Å². The summed E-state index contributed by atoms with van der Waals surface area (Å²) in [5, 5.41) is 2.64. The van der Waals surface area contributed by atoms with Crippen LogP contribution >= 0.6 is 22.9 Å². The Kier molecular flexibility index (Phi) is 3.12. The smallest absolute Gasteiger partial charge is 0.133 e. The second-order valence-electron chi connectivity index (χ2n) is 3.79. The number of nitrogens with zero attached hydrogens (tertiary/aromatic N) is 2. The first kappa shape index (κ1) is 11.4. The molecule has 0 aliphatic carbocycles. The summed E-state index contributed by atoms with van der Waals surface area (Å²) in [6.45, 7) is 4.07. The van der Waals surface area contributed by atoms with E-state index in [4.69, 9.17) is 17.3 Å². The Morgan fingerprint density at radius 1 is 1.38 bits per heavy atom. The van der Waals surface area contributed by atoms with Crippen molar-refractivity contribution in [2.75, 3.05) is 5.73 Å². The number of halogens is 1. The fraction of sp³-hybridized carbons (Fsp3) is 0.273. The molecule has 0 atom stereocenters. The first-order chi connectivity index (χ1) is 7.58. The first-order valence-electron chi connectivity index (χ1n) is 4.95. The quantitative estimate of drug-likeness (QED) is 0.890. The minimum absolute atomic E-state index is 0.251. The van der Waals surface area contributed by atoms with Crippen molar-refractivity contribution in [3.8, 4) is 10.6 Å². The zero-order chi connectivity index (χ0) is 11.7. The number of hydrogen-bond acceptors (Lipinski definition) is 4. The molecule has 0 aromatic carbocycles. The van der Waals surface area contributed by atoms with Gasteiger partial charge in [-0.1, -0.05) is 25.4 Å². The lowest BCUT2D eigenvalue weighted by atomic mass is 10.2. The van der Waals surface area contributed by atoms with Crippen molar-refractivity contribution in [3.63, 3.8) is 0 Å². The second-order valence-corrected chi connectivity index (χ2v) is 5.11. The largest absolute Gasteiger partial charge is 0.384 e. The van der Waals surface area contributed by atoms with E-state index in [1.165, 1.54) is 0 Å². The van der Waals surface area contributed by atoms with E-state index in [1.807, 2.05) is 25.3 Å². The molecule has 2 heterocycles. The predicted octanol–water partition coefficient (Wildman–Crippen LogP) is 3.56. The van der Waals surface area contributed by atoms with E-state index in [9.17, 15) is 0 Å². The lowest BCUT2D eigenvalue weighted by Gasteiger charge is -2.07. The molecular weight excluding hydrogens is 242 g/mol. The Balaban J connectivity index is 2.54. The third-order valence-corrected chi connectivity index (χ3v) is 3.49. The summed E-state index contributed by atoms with van der Waals surface area (Å²) in [5.41, 5.74) is 6.57. The van der Waals surface area contributed by atoms with Gasteiger partial charge in [-0.3, -0.25) is 0 Å². The van der Waals surface area contributed by atoms with Crippen molar-refractivity contribution in [1.82, 2.24) is 9.97 Å². The van der Waals surface area contributed by atoms with Crippen molar-refractivity contribution in [2.45, 2.75) is 19.8 Å². The van der Waals surface area contributed by atoms with Crippen LogP contribution in [0.15, 0.2) is 17.5 Å². The third kappa shape index (κ3) is 2.18. The summed E-state index contributed by atoms with van der Waals surface area (Å²) >= 11 is 7.62. The molecule has 0 radical (unpaired) electrons. The molecule has 0 spiro atoms. The van der Waals surface area contributed by atoms with E-state index in [1.54, 1.807) is 17.4 Å². The van der Waals surface area contributed by atoms with Crippen LogP contribution in [0, 0.1) is 0 Å². The van der Waals surface area contributed by atoms with E-state index < -0.39 is 0 Å². The molecule has 2 aromatic heterocycles. The molecule has 3 nitrogen and oxygen atoms in total. The monoisotopic (exact) mass is 253 g/mol. The number of nitrogen functional groups attached to an aromatic ring is 1. The minimum atomic E-state index is 0.251. The molecular formula is C11H12ClN3S. The lowest BCUT2D eigenvalue weighted by Crippen LogP contribution is -2.02. The molecule has 16 heavy (non-hydrogen) atoms. The fourth-order valence-electron chi connectivity index (χ4n) is 1.34. The van der Waals surface area contributed by atoms with Crippen LogP contribution < -0.4 is 5.73 Å². The molecule has 0 bridgehead atoms. The molecule has 5 heteroatoms. The maximum Gasteiger partial charge on any atom is 0.133 e. The van der Waals surface area contributed by atoms with Gasteiger partial charge in [0.05, 0.1) is 15.6 Å². The Hall–Kier alpha value is -1.13. The molecule has 2 N–H and O–H groups in total. The van der Waals surface area contributed by atoms with Crippen LogP contribution in [-0.4, -0.2) is 9.97 Å². The van der Waals surface area contributed by atoms with Gasteiger partial charge in [0.2, 0.25) is 0 Å². The van der Waals surface area contributed by atoms with Crippen LogP contribution in [0.5, 0.6) is 0 Å². The first-order valence-corrected chi connectivity index (χ1v) is 6.21. The fourth-order valence-corrected chi connectivity index (χ4v) is 2.45. The predicted molar refractivity (Wildman–Crippen MR) is 68.9 cm³/mol. The molecule has 2 aromatic rings. The number of aromatic nitrogens is 2. The summed E-state index contributed by atoms with van der Waals surface area (Å²) in [5.74, 6) is 1.48. The Bertz CT molecular complexity index is 508. The molecule has 0 aliphatic rings. The van der Waals surface area contributed by atoms with Crippen molar-refractivity contribution < 1.29 is 0 Å².